The van der Waals surface area contributed by atoms with Gasteiger partial charge in [-0.1, -0.05) is 30.9 Å². The predicted molar refractivity (Wildman–Crippen MR) is 133 cm³/mol. The summed E-state index contributed by atoms with van der Waals surface area (Å²) < 4.78 is 5.25. The first-order valence-electron chi connectivity index (χ1n) is 10.8. The van der Waals surface area contributed by atoms with E-state index in [1.54, 1.807) is 45.0 Å². The predicted octanol–water partition coefficient (Wildman–Crippen LogP) is 2.93. The minimum atomic E-state index is -1.07. The van der Waals surface area contributed by atoms with Crippen molar-refractivity contribution in [3.63, 3.8) is 0 Å². The second-order valence-corrected chi connectivity index (χ2v) is 10.0. The van der Waals surface area contributed by atoms with Crippen molar-refractivity contribution >= 4 is 36.6 Å². The summed E-state index contributed by atoms with van der Waals surface area (Å²) in [5.41, 5.74) is 0.0114. The second kappa shape index (κ2) is 12.1. The van der Waals surface area contributed by atoms with Crippen molar-refractivity contribution in [2.45, 2.75) is 64.8 Å². The summed E-state index contributed by atoms with van der Waals surface area (Å²) in [6.45, 7) is 13.9. The van der Waals surface area contributed by atoms with E-state index in [4.69, 9.17) is 4.74 Å². The van der Waals surface area contributed by atoms with Gasteiger partial charge in [0.1, 0.15) is 17.7 Å². The molecule has 0 aliphatic carbocycles. The van der Waals surface area contributed by atoms with Crippen LogP contribution < -0.4 is 10.6 Å². The maximum atomic E-state index is 13.5. The summed E-state index contributed by atoms with van der Waals surface area (Å²) in [5.74, 6) is -1.01. The number of benzene rings is 1. The molecule has 9 heteroatoms. The minimum Gasteiger partial charge on any atom is -0.444 e. The second-order valence-electron chi connectivity index (χ2n) is 9.65. The van der Waals surface area contributed by atoms with Gasteiger partial charge in [-0.05, 0) is 58.7 Å². The highest BCUT2D eigenvalue weighted by Crippen LogP contribution is 2.25. The fourth-order valence-corrected chi connectivity index (χ4v) is 3.32. The van der Waals surface area contributed by atoms with Crippen LogP contribution in [0.3, 0.4) is 0 Å². The normalized spacial score (nSPS) is 13.5. The van der Waals surface area contributed by atoms with E-state index in [2.05, 4.69) is 29.8 Å². The number of carbonyl (C=O) groups excluding carboxylic acids is 3. The van der Waals surface area contributed by atoms with E-state index in [-0.39, 0.29) is 18.9 Å². The van der Waals surface area contributed by atoms with Crippen LogP contribution in [-0.4, -0.2) is 64.0 Å². The number of thiol groups is 1. The molecule has 1 aromatic carbocycles. The number of alkyl carbamates (subject to hydrolysis) is 1. The van der Waals surface area contributed by atoms with E-state index >= 15 is 0 Å². The quantitative estimate of drug-likeness (QED) is 0.407. The van der Waals surface area contributed by atoms with Gasteiger partial charge in [-0.2, -0.15) is 12.6 Å². The van der Waals surface area contributed by atoms with Crippen molar-refractivity contribution in [3.8, 4) is 0 Å². The summed E-state index contributed by atoms with van der Waals surface area (Å²) in [7, 11) is 0. The van der Waals surface area contributed by atoms with E-state index in [0.29, 0.717) is 5.56 Å². The van der Waals surface area contributed by atoms with Gasteiger partial charge in [-0.15, -0.1) is 0 Å². The lowest BCUT2D eigenvalue weighted by Crippen LogP contribution is -2.55. The number of amides is 3. The first-order chi connectivity index (χ1) is 15.2. The Hall–Kier alpha value is -2.52. The maximum Gasteiger partial charge on any atom is 0.408 e. The Morgan fingerprint density at radius 2 is 1.85 bits per heavy atom. The van der Waals surface area contributed by atoms with Gasteiger partial charge in [0.25, 0.3) is 0 Å². The first-order valence-corrected chi connectivity index (χ1v) is 11.4. The number of aliphatic hydroxyl groups is 1. The average Bonchev–Trinajstić information content (AvgIpc) is 2.68. The van der Waals surface area contributed by atoms with E-state index in [1.165, 1.54) is 4.90 Å². The van der Waals surface area contributed by atoms with Gasteiger partial charge in [-0.3, -0.25) is 9.59 Å². The van der Waals surface area contributed by atoms with E-state index < -0.39 is 41.1 Å². The average molecular weight is 480 g/mol. The van der Waals surface area contributed by atoms with Crippen LogP contribution in [0.25, 0.3) is 6.08 Å². The van der Waals surface area contributed by atoms with Crippen molar-refractivity contribution in [1.82, 2.24) is 15.5 Å². The van der Waals surface area contributed by atoms with Crippen LogP contribution >= 0.6 is 12.6 Å². The zero-order valence-electron chi connectivity index (χ0n) is 20.3. The molecule has 0 aliphatic rings. The molecule has 33 heavy (non-hydrogen) atoms. The van der Waals surface area contributed by atoms with Crippen LogP contribution in [0.5, 0.6) is 0 Å². The maximum absolute atomic E-state index is 13.5. The topological polar surface area (TPSA) is 108 Å². The molecule has 0 saturated heterocycles. The van der Waals surface area contributed by atoms with Gasteiger partial charge in [0.05, 0.1) is 6.61 Å². The molecule has 1 rings (SSSR count). The zero-order chi connectivity index (χ0) is 25.4. The molecule has 0 fully saturated rings. The largest absolute Gasteiger partial charge is 0.444 e. The molecule has 3 N–H and O–H groups in total. The molecule has 0 saturated carbocycles. The van der Waals surface area contributed by atoms with Crippen molar-refractivity contribution in [3.05, 3.63) is 42.0 Å². The summed E-state index contributed by atoms with van der Waals surface area (Å²) in [4.78, 5) is 40.4. The zero-order valence-corrected chi connectivity index (χ0v) is 21.2. The fraction of sp³-hybridized carbons (Fsp3) is 0.542. The van der Waals surface area contributed by atoms with Crippen LogP contribution in [0, 0.1) is 0 Å². The molecule has 1 aromatic rings. The Morgan fingerprint density at radius 1 is 1.21 bits per heavy atom. The molecule has 0 radical (unpaired) electrons. The first kappa shape index (κ1) is 28.5. The van der Waals surface area contributed by atoms with Crippen LogP contribution in [0.15, 0.2) is 30.8 Å². The minimum absolute atomic E-state index is 0.0275. The van der Waals surface area contributed by atoms with Gasteiger partial charge in [0.15, 0.2) is 0 Å². The third-order valence-electron chi connectivity index (χ3n) is 4.32. The molecule has 0 bridgehead atoms. The summed E-state index contributed by atoms with van der Waals surface area (Å²) >= 11 is 4.22. The standard InChI is InChI=1S/C24H37N3O5S/c1-8-16-10-9-11-17(14-16)19(20(29)26-23(2,3)4)27(12-13-28)21(30)18(15-33)25-22(31)32-24(5,6)7/h8-11,14,18-19,28,33H,1,12-13,15H2,2-7H3,(H,25,31)(H,26,29). The van der Waals surface area contributed by atoms with Crippen molar-refractivity contribution in [1.29, 1.82) is 0 Å². The Kier molecular flexibility index (Phi) is 10.4. The van der Waals surface area contributed by atoms with E-state index in [0.717, 1.165) is 5.56 Å². The molecule has 2 unspecified atom stereocenters. The Balaban J connectivity index is 3.40. The number of hydrogen-bond donors (Lipinski definition) is 4. The van der Waals surface area contributed by atoms with Gasteiger partial charge in [0, 0.05) is 17.8 Å². The smallest absolute Gasteiger partial charge is 0.408 e. The molecule has 184 valence electrons. The number of nitrogens with zero attached hydrogens (tertiary/aromatic N) is 1. The van der Waals surface area contributed by atoms with Crippen molar-refractivity contribution in [2.75, 3.05) is 18.9 Å². The highest BCUT2D eigenvalue weighted by atomic mass is 32.1. The van der Waals surface area contributed by atoms with Crippen molar-refractivity contribution < 1.29 is 24.2 Å². The molecule has 8 nitrogen and oxygen atoms in total. The summed E-state index contributed by atoms with van der Waals surface area (Å²) in [6, 6.07) is 4.96. The van der Waals surface area contributed by atoms with Crippen LogP contribution in [0.4, 0.5) is 4.79 Å². The molecule has 2 atom stereocenters. The summed E-state index contributed by atoms with van der Waals surface area (Å²) in [6.07, 6.45) is 0.865. The highest BCUT2D eigenvalue weighted by Gasteiger charge is 2.36. The Morgan fingerprint density at radius 3 is 2.33 bits per heavy atom. The number of hydrogen-bond acceptors (Lipinski definition) is 6. The Labute approximate surface area is 202 Å². The van der Waals surface area contributed by atoms with Crippen LogP contribution in [-0.2, 0) is 14.3 Å². The molecule has 0 spiro atoms. The number of rotatable bonds is 9. The summed E-state index contributed by atoms with van der Waals surface area (Å²) in [5, 5.41) is 15.1. The van der Waals surface area contributed by atoms with Gasteiger partial charge in [-0.25, -0.2) is 4.79 Å². The molecule has 0 aliphatic heterocycles. The Bertz CT molecular complexity index is 845. The van der Waals surface area contributed by atoms with Crippen molar-refractivity contribution in [2.24, 2.45) is 0 Å². The van der Waals surface area contributed by atoms with Crippen LogP contribution in [0.2, 0.25) is 0 Å². The number of nitrogens with one attached hydrogen (secondary N) is 2. The monoisotopic (exact) mass is 479 g/mol. The molecular formula is C24H37N3O5S. The third-order valence-corrected chi connectivity index (χ3v) is 4.68. The third kappa shape index (κ3) is 9.47. The SMILES string of the molecule is C=Cc1cccc(C(C(=O)NC(C)(C)C)N(CCO)C(=O)C(CS)NC(=O)OC(C)(C)C)c1. The highest BCUT2D eigenvalue weighted by molar-refractivity contribution is 7.80. The van der Waals surface area contributed by atoms with Gasteiger partial charge in [0.2, 0.25) is 11.8 Å². The molecule has 3 amide bonds. The number of ether oxygens (including phenoxy) is 1. The van der Waals surface area contributed by atoms with E-state index in [9.17, 15) is 19.5 Å². The number of aliphatic hydroxyl groups excluding tert-OH is 1. The fourth-order valence-electron chi connectivity index (χ4n) is 3.08. The molecular weight excluding hydrogens is 442 g/mol. The molecule has 0 heterocycles. The number of carbonyl (C=O) groups is 3. The lowest BCUT2D eigenvalue weighted by Gasteiger charge is -2.35. The molecule has 0 aromatic heterocycles. The lowest BCUT2D eigenvalue weighted by molar-refractivity contribution is -0.143. The lowest BCUT2D eigenvalue weighted by atomic mass is 9.99. The van der Waals surface area contributed by atoms with Gasteiger partial charge < -0.3 is 25.4 Å². The van der Waals surface area contributed by atoms with Crippen LogP contribution in [0.1, 0.15) is 58.7 Å². The van der Waals surface area contributed by atoms with E-state index in [1.807, 2.05) is 26.8 Å². The van der Waals surface area contributed by atoms with Gasteiger partial charge >= 0.3 is 6.09 Å².